The first kappa shape index (κ1) is 16.3. The number of hydrogen-bond acceptors (Lipinski definition) is 4. The van der Waals surface area contributed by atoms with Crippen molar-refractivity contribution in [1.29, 1.82) is 0 Å². The average molecular weight is 329 g/mol. The topological polar surface area (TPSA) is 48.7 Å². The number of benzene rings is 1. The highest BCUT2D eigenvalue weighted by Crippen LogP contribution is 2.50. The van der Waals surface area contributed by atoms with E-state index in [4.69, 9.17) is 25.1 Å². The lowest BCUT2D eigenvalue weighted by molar-refractivity contribution is 0.230. The van der Waals surface area contributed by atoms with Gasteiger partial charge >= 0.3 is 7.60 Å². The molecule has 0 N–H and O–H groups in total. The van der Waals surface area contributed by atoms with Crippen molar-refractivity contribution < 1.29 is 18.0 Å². The van der Waals surface area contributed by atoms with Crippen LogP contribution in [-0.2, 0) is 13.6 Å². The van der Waals surface area contributed by atoms with Crippen molar-refractivity contribution in [3.05, 3.63) is 41.1 Å². The maximum absolute atomic E-state index is 13.0. The first-order valence-corrected chi connectivity index (χ1v) is 8.68. The Morgan fingerprint density at radius 3 is 2.24 bits per heavy atom. The van der Waals surface area contributed by atoms with Gasteiger partial charge < -0.3 is 13.5 Å². The van der Waals surface area contributed by atoms with Gasteiger partial charge in [0.15, 0.2) is 0 Å². The number of aryl methyl sites for hydroxylation is 1. The van der Waals surface area contributed by atoms with Crippen LogP contribution in [0, 0.1) is 6.92 Å². The number of halogens is 1. The summed E-state index contributed by atoms with van der Waals surface area (Å²) in [6.07, 6.45) is 0. The molecule has 2 rings (SSSR count). The Bertz CT molecular complexity index is 638. The molecule has 0 radical (unpaired) electrons. The van der Waals surface area contributed by atoms with Crippen molar-refractivity contribution in [1.82, 2.24) is 0 Å². The molecule has 0 unspecified atom stereocenters. The maximum atomic E-state index is 13.0. The second-order valence-electron chi connectivity index (χ2n) is 4.41. The van der Waals surface area contributed by atoms with E-state index in [9.17, 15) is 4.57 Å². The minimum absolute atomic E-state index is 0.293. The van der Waals surface area contributed by atoms with Gasteiger partial charge in [0.05, 0.1) is 13.2 Å². The van der Waals surface area contributed by atoms with Crippen LogP contribution in [0.2, 0.25) is 5.02 Å². The molecule has 0 aliphatic heterocycles. The molecule has 0 saturated heterocycles. The first-order valence-electron chi connectivity index (χ1n) is 6.76. The molecule has 0 fully saturated rings. The summed E-state index contributed by atoms with van der Waals surface area (Å²) in [5, 5.41) is 1.08. The Kier molecular flexibility index (Phi) is 5.28. The highest BCUT2D eigenvalue weighted by molar-refractivity contribution is 7.62. The van der Waals surface area contributed by atoms with Crippen LogP contribution >= 0.6 is 19.2 Å². The molecule has 0 bridgehead atoms. The van der Waals surface area contributed by atoms with E-state index in [-0.39, 0.29) is 0 Å². The van der Waals surface area contributed by atoms with E-state index < -0.39 is 7.60 Å². The van der Waals surface area contributed by atoms with Gasteiger partial charge in [-0.05, 0) is 51.1 Å². The third-order valence-electron chi connectivity index (χ3n) is 2.84. The van der Waals surface area contributed by atoms with Crippen LogP contribution in [0.3, 0.4) is 0 Å². The lowest BCUT2D eigenvalue weighted by atomic mass is 10.2. The standard InChI is InChI=1S/C15H18ClO4P/c1-4-18-21(17,19-5-2)14-10-11(3)20-15(14)12-6-8-13(16)9-7-12/h6-10H,4-5H2,1-3H3. The molecule has 21 heavy (non-hydrogen) atoms. The summed E-state index contributed by atoms with van der Waals surface area (Å²) in [5.74, 6) is 1.14. The van der Waals surface area contributed by atoms with Crippen molar-refractivity contribution in [2.45, 2.75) is 20.8 Å². The maximum Gasteiger partial charge on any atom is 0.365 e. The van der Waals surface area contributed by atoms with Gasteiger partial charge in [-0.3, -0.25) is 4.57 Å². The molecule has 0 atom stereocenters. The fourth-order valence-corrected chi connectivity index (χ4v) is 3.95. The van der Waals surface area contributed by atoms with Gasteiger partial charge in [0.1, 0.15) is 16.8 Å². The second-order valence-corrected chi connectivity index (χ2v) is 6.84. The summed E-state index contributed by atoms with van der Waals surface area (Å²) >= 11 is 5.90. The summed E-state index contributed by atoms with van der Waals surface area (Å²) in [6, 6.07) is 8.84. The summed E-state index contributed by atoms with van der Waals surface area (Å²) in [7, 11) is -3.39. The van der Waals surface area contributed by atoms with Crippen molar-refractivity contribution in [2.75, 3.05) is 13.2 Å². The van der Waals surface area contributed by atoms with E-state index in [0.29, 0.717) is 35.1 Å². The Morgan fingerprint density at radius 1 is 1.14 bits per heavy atom. The molecule has 0 saturated carbocycles. The largest absolute Gasteiger partial charge is 0.460 e. The van der Waals surface area contributed by atoms with E-state index in [0.717, 1.165) is 5.56 Å². The van der Waals surface area contributed by atoms with E-state index >= 15 is 0 Å². The molecular weight excluding hydrogens is 311 g/mol. The minimum atomic E-state index is -3.39. The molecule has 114 valence electrons. The predicted molar refractivity (Wildman–Crippen MR) is 84.4 cm³/mol. The van der Waals surface area contributed by atoms with Crippen LogP contribution in [-0.4, -0.2) is 13.2 Å². The first-order chi connectivity index (χ1) is 10.00. The van der Waals surface area contributed by atoms with Gasteiger partial charge in [-0.1, -0.05) is 11.6 Å². The van der Waals surface area contributed by atoms with Crippen molar-refractivity contribution in [3.63, 3.8) is 0 Å². The third-order valence-corrected chi connectivity index (χ3v) is 5.21. The summed E-state index contributed by atoms with van der Waals surface area (Å²) in [5.41, 5.74) is 0.780. The molecule has 2 aromatic rings. The van der Waals surface area contributed by atoms with E-state index in [1.807, 2.05) is 12.1 Å². The molecule has 1 aromatic carbocycles. The second kappa shape index (κ2) is 6.80. The smallest absolute Gasteiger partial charge is 0.365 e. The zero-order valence-corrected chi connectivity index (χ0v) is 13.9. The van der Waals surface area contributed by atoms with Crippen molar-refractivity contribution in [2.24, 2.45) is 0 Å². The SMILES string of the molecule is CCOP(=O)(OCC)c1cc(C)oc1-c1ccc(Cl)cc1. The van der Waals surface area contributed by atoms with Gasteiger partial charge in [0, 0.05) is 10.6 Å². The molecular formula is C15H18ClO4P. The van der Waals surface area contributed by atoms with Crippen LogP contribution in [0.1, 0.15) is 19.6 Å². The minimum Gasteiger partial charge on any atom is -0.460 e. The van der Waals surface area contributed by atoms with Gasteiger partial charge in [0.25, 0.3) is 0 Å². The van der Waals surface area contributed by atoms with Crippen LogP contribution in [0.5, 0.6) is 0 Å². The van der Waals surface area contributed by atoms with E-state index in [2.05, 4.69) is 0 Å². The lowest BCUT2D eigenvalue weighted by Gasteiger charge is -2.16. The zero-order valence-electron chi connectivity index (χ0n) is 12.3. The van der Waals surface area contributed by atoms with Gasteiger partial charge in [0.2, 0.25) is 0 Å². The van der Waals surface area contributed by atoms with Crippen LogP contribution in [0.4, 0.5) is 0 Å². The molecule has 0 aliphatic carbocycles. The lowest BCUT2D eigenvalue weighted by Crippen LogP contribution is -2.11. The normalized spacial score (nSPS) is 11.8. The number of furan rings is 1. The molecule has 1 aromatic heterocycles. The van der Waals surface area contributed by atoms with Gasteiger partial charge in [-0.2, -0.15) is 0 Å². The number of rotatable bonds is 6. The Morgan fingerprint density at radius 2 is 1.71 bits per heavy atom. The Balaban J connectivity index is 2.54. The van der Waals surface area contributed by atoms with Gasteiger partial charge in [-0.25, -0.2) is 0 Å². The zero-order chi connectivity index (χ0) is 15.5. The molecule has 6 heteroatoms. The summed E-state index contributed by atoms with van der Waals surface area (Å²) in [4.78, 5) is 0. The molecule has 4 nitrogen and oxygen atoms in total. The third kappa shape index (κ3) is 3.58. The highest BCUT2D eigenvalue weighted by atomic mass is 35.5. The highest BCUT2D eigenvalue weighted by Gasteiger charge is 2.33. The summed E-state index contributed by atoms with van der Waals surface area (Å²) in [6.45, 7) is 5.94. The molecule has 0 spiro atoms. The van der Waals surface area contributed by atoms with E-state index in [1.165, 1.54) is 0 Å². The van der Waals surface area contributed by atoms with Crippen LogP contribution in [0.25, 0.3) is 11.3 Å². The van der Waals surface area contributed by atoms with Crippen LogP contribution in [0.15, 0.2) is 34.7 Å². The van der Waals surface area contributed by atoms with Gasteiger partial charge in [-0.15, -0.1) is 0 Å². The van der Waals surface area contributed by atoms with Crippen molar-refractivity contribution >= 4 is 24.5 Å². The number of hydrogen-bond donors (Lipinski definition) is 0. The fraction of sp³-hybridized carbons (Fsp3) is 0.333. The molecule has 0 amide bonds. The van der Waals surface area contributed by atoms with Crippen LogP contribution < -0.4 is 5.30 Å². The predicted octanol–water partition coefficient (Wildman–Crippen LogP) is 4.80. The average Bonchev–Trinajstić information content (AvgIpc) is 2.83. The summed E-state index contributed by atoms with van der Waals surface area (Å²) < 4.78 is 29.5. The van der Waals surface area contributed by atoms with E-state index in [1.54, 1.807) is 39.0 Å². The fourth-order valence-electron chi connectivity index (χ4n) is 2.03. The monoisotopic (exact) mass is 328 g/mol. The molecule has 0 aliphatic rings. The quantitative estimate of drug-likeness (QED) is 0.715. The Hall–Kier alpha value is -1.06. The molecule has 1 heterocycles. The Labute approximate surface area is 129 Å². The van der Waals surface area contributed by atoms with Crippen molar-refractivity contribution in [3.8, 4) is 11.3 Å².